The summed E-state index contributed by atoms with van der Waals surface area (Å²) in [4.78, 5) is 3.84. The maximum atomic E-state index is 13.2. The minimum atomic E-state index is -4.29. The molecule has 130 valence electrons. The third-order valence-corrected chi connectivity index (χ3v) is 5.18. The molecule has 1 aliphatic heterocycles. The van der Waals surface area contributed by atoms with Crippen LogP contribution in [0.2, 0.25) is 0 Å². The highest BCUT2D eigenvalue weighted by atomic mass is 32.2. The number of halogens is 1. The highest BCUT2D eigenvalue weighted by molar-refractivity contribution is 7.86. The second kappa shape index (κ2) is 6.20. The average molecular weight is 357 g/mol. The van der Waals surface area contributed by atoms with Gasteiger partial charge in [-0.2, -0.15) is 13.5 Å². The van der Waals surface area contributed by atoms with Crippen molar-refractivity contribution in [3.8, 4) is 0 Å². The van der Waals surface area contributed by atoms with Gasteiger partial charge in [0.25, 0.3) is 10.1 Å². The number of ether oxygens (including phenoxy) is 2. The molecule has 1 aliphatic rings. The maximum absolute atomic E-state index is 13.2. The molecule has 8 nitrogen and oxygen atoms in total. The van der Waals surface area contributed by atoms with Gasteiger partial charge in [0.2, 0.25) is 5.79 Å². The molecule has 1 aromatic heterocycles. The van der Waals surface area contributed by atoms with Crippen molar-refractivity contribution in [3.05, 3.63) is 48.3 Å². The highest BCUT2D eigenvalue weighted by Gasteiger charge is 2.47. The summed E-state index contributed by atoms with van der Waals surface area (Å²) in [7, 11) is -4.29. The summed E-state index contributed by atoms with van der Waals surface area (Å²) >= 11 is 0. The Morgan fingerprint density at radius 3 is 2.75 bits per heavy atom. The van der Waals surface area contributed by atoms with Crippen molar-refractivity contribution in [1.29, 1.82) is 0 Å². The monoisotopic (exact) mass is 357 g/mol. The highest BCUT2D eigenvalue weighted by Crippen LogP contribution is 2.37. The quantitative estimate of drug-likeness (QED) is 0.795. The predicted molar refractivity (Wildman–Crippen MR) is 79.9 cm³/mol. The fourth-order valence-electron chi connectivity index (χ4n) is 2.51. The van der Waals surface area contributed by atoms with Crippen LogP contribution in [0.15, 0.2) is 36.9 Å². The first-order valence-electron chi connectivity index (χ1n) is 7.17. The van der Waals surface area contributed by atoms with Crippen molar-refractivity contribution in [1.82, 2.24) is 14.8 Å². The number of hydrogen-bond donors (Lipinski definition) is 1. The van der Waals surface area contributed by atoms with Gasteiger partial charge >= 0.3 is 0 Å². The van der Waals surface area contributed by atoms with Crippen molar-refractivity contribution >= 4 is 10.1 Å². The first kappa shape index (κ1) is 17.0. The molecule has 0 spiro atoms. The van der Waals surface area contributed by atoms with E-state index >= 15 is 0 Å². The van der Waals surface area contributed by atoms with Gasteiger partial charge in [-0.3, -0.25) is 4.55 Å². The van der Waals surface area contributed by atoms with Crippen LogP contribution in [0.1, 0.15) is 12.5 Å². The molecule has 0 bridgehead atoms. The second-order valence-corrected chi connectivity index (χ2v) is 7.31. The molecule has 1 fully saturated rings. The van der Waals surface area contributed by atoms with Crippen LogP contribution >= 0.6 is 0 Å². The molecule has 1 N–H and O–H groups in total. The van der Waals surface area contributed by atoms with Crippen molar-refractivity contribution in [3.63, 3.8) is 0 Å². The molecule has 2 heterocycles. The van der Waals surface area contributed by atoms with Crippen molar-refractivity contribution in [2.45, 2.75) is 30.6 Å². The molecule has 3 atom stereocenters. The summed E-state index contributed by atoms with van der Waals surface area (Å²) in [5.74, 6) is -1.78. The molecule has 10 heteroatoms. The van der Waals surface area contributed by atoms with Crippen LogP contribution in [0.3, 0.4) is 0 Å². The average Bonchev–Trinajstić information content (AvgIpc) is 3.17. The molecule has 24 heavy (non-hydrogen) atoms. The lowest BCUT2D eigenvalue weighted by Crippen LogP contribution is -2.37. The van der Waals surface area contributed by atoms with E-state index in [-0.39, 0.29) is 13.2 Å². The van der Waals surface area contributed by atoms with E-state index in [1.807, 2.05) is 0 Å². The number of nitrogens with zero attached hydrogens (tertiary/aromatic N) is 3. The molecular formula is C14H16FN3O5S. The van der Waals surface area contributed by atoms with Crippen LogP contribution in [-0.4, -0.2) is 45.7 Å². The Kier molecular flexibility index (Phi) is 4.38. The molecule has 1 saturated heterocycles. The van der Waals surface area contributed by atoms with Crippen LogP contribution in [0, 0.1) is 5.82 Å². The molecule has 0 saturated carbocycles. The molecule has 3 unspecified atom stereocenters. The lowest BCUT2D eigenvalue weighted by Gasteiger charge is -2.29. The van der Waals surface area contributed by atoms with Crippen molar-refractivity contribution < 1.29 is 26.8 Å². The summed E-state index contributed by atoms with van der Waals surface area (Å²) in [5, 5.41) is 2.82. The third-order valence-electron chi connectivity index (χ3n) is 3.94. The van der Waals surface area contributed by atoms with Crippen LogP contribution < -0.4 is 0 Å². The Hall–Kier alpha value is -1.88. The number of hydrogen-bond acceptors (Lipinski definition) is 6. The Labute approximate surface area is 138 Å². The largest absolute Gasteiger partial charge is 0.342 e. The fourth-order valence-corrected chi connectivity index (χ4v) is 3.03. The molecule has 3 rings (SSSR count). The molecule has 1 aromatic carbocycles. The lowest BCUT2D eigenvalue weighted by atomic mass is 10.1. The van der Waals surface area contributed by atoms with Gasteiger partial charge in [-0.1, -0.05) is 12.1 Å². The van der Waals surface area contributed by atoms with Crippen LogP contribution in [0.25, 0.3) is 0 Å². The van der Waals surface area contributed by atoms with E-state index in [0.717, 1.165) is 0 Å². The standard InChI is InChI=1S/C14H16FN3O5S/c1-10(24(19,20)21)13-6-22-14(23-13,7-18-9-16-8-17-18)11-2-4-12(15)5-3-11/h2-5,8-10,13H,6-7H2,1H3,(H,19,20,21). The predicted octanol–water partition coefficient (Wildman–Crippen LogP) is 0.962. The Morgan fingerprint density at radius 2 is 2.17 bits per heavy atom. The van der Waals surface area contributed by atoms with Gasteiger partial charge in [0, 0.05) is 5.56 Å². The van der Waals surface area contributed by atoms with Gasteiger partial charge in [-0.15, -0.1) is 0 Å². The zero-order chi connectivity index (χ0) is 17.4. The number of rotatable bonds is 5. The second-order valence-electron chi connectivity index (χ2n) is 5.54. The van der Waals surface area contributed by atoms with Crippen LogP contribution in [-0.2, 0) is 31.9 Å². The fraction of sp³-hybridized carbons (Fsp3) is 0.429. The van der Waals surface area contributed by atoms with E-state index in [0.29, 0.717) is 5.56 Å². The third kappa shape index (κ3) is 3.31. The Morgan fingerprint density at radius 1 is 1.46 bits per heavy atom. The Bertz CT molecular complexity index is 796. The molecular weight excluding hydrogens is 341 g/mol. The van der Waals surface area contributed by atoms with Gasteiger partial charge < -0.3 is 9.47 Å². The first-order chi connectivity index (χ1) is 11.3. The lowest BCUT2D eigenvalue weighted by molar-refractivity contribution is -0.188. The zero-order valence-electron chi connectivity index (χ0n) is 12.7. The topological polar surface area (TPSA) is 104 Å². The number of aromatic nitrogens is 3. The van der Waals surface area contributed by atoms with E-state index < -0.39 is 33.1 Å². The van der Waals surface area contributed by atoms with Gasteiger partial charge in [0.1, 0.15) is 36.4 Å². The van der Waals surface area contributed by atoms with Gasteiger partial charge in [0.15, 0.2) is 0 Å². The summed E-state index contributed by atoms with van der Waals surface area (Å²) in [6.07, 6.45) is 1.91. The smallest absolute Gasteiger partial charge is 0.270 e. The normalized spacial score (nSPS) is 25.7. The van der Waals surface area contributed by atoms with Crippen LogP contribution in [0.4, 0.5) is 4.39 Å². The molecule has 0 radical (unpaired) electrons. The maximum Gasteiger partial charge on any atom is 0.270 e. The van der Waals surface area contributed by atoms with Crippen molar-refractivity contribution in [2.24, 2.45) is 0 Å². The summed E-state index contributed by atoms with van der Waals surface area (Å²) < 4.78 is 58.3. The summed E-state index contributed by atoms with van der Waals surface area (Å²) in [5.41, 5.74) is 0.504. The minimum Gasteiger partial charge on any atom is -0.342 e. The molecule has 0 aliphatic carbocycles. The van der Waals surface area contributed by atoms with E-state index in [9.17, 15) is 17.4 Å². The molecule has 0 amide bonds. The zero-order valence-corrected chi connectivity index (χ0v) is 13.6. The summed E-state index contributed by atoms with van der Waals surface area (Å²) in [6.45, 7) is 1.37. The molecule has 2 aromatic rings. The van der Waals surface area contributed by atoms with Gasteiger partial charge in [-0.25, -0.2) is 14.1 Å². The summed E-state index contributed by atoms with van der Waals surface area (Å²) in [6, 6.07) is 5.49. The van der Waals surface area contributed by atoms with Crippen molar-refractivity contribution in [2.75, 3.05) is 6.61 Å². The van der Waals surface area contributed by atoms with E-state index in [4.69, 9.17) is 9.47 Å². The van der Waals surface area contributed by atoms with Gasteiger partial charge in [0.05, 0.1) is 6.61 Å². The van der Waals surface area contributed by atoms with E-state index in [1.54, 1.807) is 0 Å². The van der Waals surface area contributed by atoms with Crippen LogP contribution in [0.5, 0.6) is 0 Å². The van der Waals surface area contributed by atoms with E-state index in [1.165, 1.54) is 48.5 Å². The number of benzene rings is 1. The van der Waals surface area contributed by atoms with Gasteiger partial charge in [-0.05, 0) is 19.1 Å². The SMILES string of the molecule is CC(C1COC(Cn2cncn2)(c2ccc(F)cc2)O1)S(=O)(=O)O. The minimum absolute atomic E-state index is 0.0486. The Balaban J connectivity index is 1.94. The first-order valence-corrected chi connectivity index (χ1v) is 8.67. The van der Waals surface area contributed by atoms with E-state index in [2.05, 4.69) is 10.1 Å².